The molecule has 1 aromatic rings. The van der Waals surface area contributed by atoms with Gasteiger partial charge in [-0.3, -0.25) is 4.90 Å². The first-order valence-electron chi connectivity index (χ1n) is 10.3. The van der Waals surface area contributed by atoms with E-state index < -0.39 is 12.0 Å². The zero-order valence-corrected chi connectivity index (χ0v) is 15.5. The van der Waals surface area contributed by atoms with E-state index in [0.717, 1.165) is 32.4 Å². The Morgan fingerprint density at radius 1 is 1.04 bits per heavy atom. The van der Waals surface area contributed by atoms with E-state index in [2.05, 4.69) is 45.9 Å². The normalized spacial score (nSPS) is 35.0. The molecule has 2 bridgehead atoms. The van der Waals surface area contributed by atoms with E-state index in [0.29, 0.717) is 25.0 Å². The Bertz CT molecular complexity index is 566. The number of alkyl halides is 2. The second-order valence-corrected chi connectivity index (χ2v) is 8.33. The molecular formula is C21H31F2N3. The molecule has 5 heteroatoms. The van der Waals surface area contributed by atoms with Crippen LogP contribution in [0.1, 0.15) is 50.5 Å². The number of nitrogens with zero attached hydrogens (tertiary/aromatic N) is 1. The number of piperidine rings is 1. The van der Waals surface area contributed by atoms with Gasteiger partial charge in [-0.1, -0.05) is 30.3 Å². The summed E-state index contributed by atoms with van der Waals surface area (Å²) < 4.78 is 29.1. The molecule has 144 valence electrons. The van der Waals surface area contributed by atoms with E-state index in [1.807, 2.05) is 0 Å². The third-order valence-electron chi connectivity index (χ3n) is 6.52. The Labute approximate surface area is 155 Å². The van der Waals surface area contributed by atoms with E-state index in [9.17, 15) is 8.78 Å². The molecule has 3 atom stereocenters. The monoisotopic (exact) mass is 363 g/mol. The maximum Gasteiger partial charge on any atom is 0.264 e. The lowest BCUT2D eigenvalue weighted by Crippen LogP contribution is -2.56. The van der Waals surface area contributed by atoms with Gasteiger partial charge in [-0.15, -0.1) is 0 Å². The standard InChI is InChI=1S/C21H31F2N3/c22-21(23)10-12-24-11-4-7-20(21)25-17-13-18-8-9-19(14-17)26(18)15-16-5-2-1-3-6-16/h1-3,5-6,17-20,24-25H,4,7-15H2. The quantitative estimate of drug-likeness (QED) is 0.857. The fraction of sp³-hybridized carbons (Fsp3) is 0.714. The smallest absolute Gasteiger partial charge is 0.264 e. The minimum absolute atomic E-state index is 0.0512. The molecule has 0 saturated carbocycles. The van der Waals surface area contributed by atoms with Crippen molar-refractivity contribution in [2.24, 2.45) is 0 Å². The maximum absolute atomic E-state index is 14.5. The molecule has 4 rings (SSSR count). The van der Waals surface area contributed by atoms with Crippen LogP contribution in [-0.4, -0.2) is 48.1 Å². The molecule has 0 aromatic heterocycles. The highest BCUT2D eigenvalue weighted by Gasteiger charge is 2.44. The van der Waals surface area contributed by atoms with Crippen LogP contribution in [0.5, 0.6) is 0 Å². The molecule has 3 saturated heterocycles. The first-order valence-corrected chi connectivity index (χ1v) is 10.3. The van der Waals surface area contributed by atoms with Crippen LogP contribution in [0.25, 0.3) is 0 Å². The number of benzene rings is 1. The molecule has 2 N–H and O–H groups in total. The number of halogens is 2. The van der Waals surface area contributed by atoms with E-state index in [1.165, 1.54) is 18.4 Å². The molecule has 3 aliphatic heterocycles. The summed E-state index contributed by atoms with van der Waals surface area (Å²) in [5.41, 5.74) is 1.36. The summed E-state index contributed by atoms with van der Waals surface area (Å²) in [5.74, 6) is -2.60. The van der Waals surface area contributed by atoms with Gasteiger partial charge in [0, 0.05) is 37.6 Å². The second-order valence-electron chi connectivity index (χ2n) is 8.33. The lowest BCUT2D eigenvalue weighted by molar-refractivity contribution is -0.0571. The lowest BCUT2D eigenvalue weighted by Gasteiger charge is -2.42. The topological polar surface area (TPSA) is 27.3 Å². The van der Waals surface area contributed by atoms with E-state index in [4.69, 9.17) is 0 Å². The summed E-state index contributed by atoms with van der Waals surface area (Å²) in [6.07, 6.45) is 5.78. The molecule has 0 radical (unpaired) electrons. The highest BCUT2D eigenvalue weighted by Crippen LogP contribution is 2.38. The molecule has 3 heterocycles. The SMILES string of the molecule is FC1(F)CCNCCCC1NC1CC2CCC(C1)N2Cc1ccccc1. The van der Waals surface area contributed by atoms with Crippen LogP contribution in [0.3, 0.4) is 0 Å². The van der Waals surface area contributed by atoms with Crippen molar-refractivity contribution >= 4 is 0 Å². The number of hydrogen-bond donors (Lipinski definition) is 2. The van der Waals surface area contributed by atoms with Crippen molar-refractivity contribution in [1.82, 2.24) is 15.5 Å². The van der Waals surface area contributed by atoms with Crippen molar-refractivity contribution in [3.63, 3.8) is 0 Å². The van der Waals surface area contributed by atoms with Crippen molar-refractivity contribution in [1.29, 1.82) is 0 Å². The molecule has 26 heavy (non-hydrogen) atoms. The number of hydrogen-bond acceptors (Lipinski definition) is 3. The van der Waals surface area contributed by atoms with Gasteiger partial charge in [-0.25, -0.2) is 8.78 Å². The van der Waals surface area contributed by atoms with Gasteiger partial charge >= 0.3 is 0 Å². The highest BCUT2D eigenvalue weighted by atomic mass is 19.3. The molecule has 3 nitrogen and oxygen atoms in total. The average molecular weight is 363 g/mol. The van der Waals surface area contributed by atoms with Crippen LogP contribution in [0.15, 0.2) is 30.3 Å². The molecule has 0 amide bonds. The third-order valence-corrected chi connectivity index (χ3v) is 6.52. The van der Waals surface area contributed by atoms with E-state index >= 15 is 0 Å². The largest absolute Gasteiger partial charge is 0.317 e. The van der Waals surface area contributed by atoms with Gasteiger partial charge in [-0.2, -0.15) is 0 Å². The average Bonchev–Trinajstić information content (AvgIpc) is 2.85. The van der Waals surface area contributed by atoms with Gasteiger partial charge in [0.1, 0.15) is 0 Å². The van der Waals surface area contributed by atoms with Crippen molar-refractivity contribution in [3.8, 4) is 0 Å². The van der Waals surface area contributed by atoms with Crippen molar-refractivity contribution in [3.05, 3.63) is 35.9 Å². The minimum Gasteiger partial charge on any atom is -0.317 e. The fourth-order valence-electron chi connectivity index (χ4n) is 5.15. The van der Waals surface area contributed by atoms with Gasteiger partial charge in [0.05, 0.1) is 6.04 Å². The molecule has 0 aliphatic carbocycles. The molecule has 1 aromatic carbocycles. The van der Waals surface area contributed by atoms with Gasteiger partial charge in [0.25, 0.3) is 5.92 Å². The fourth-order valence-corrected chi connectivity index (χ4v) is 5.15. The highest BCUT2D eigenvalue weighted by molar-refractivity contribution is 5.15. The summed E-state index contributed by atoms with van der Waals surface area (Å²) >= 11 is 0. The Morgan fingerprint density at radius 2 is 1.77 bits per heavy atom. The van der Waals surface area contributed by atoms with Crippen LogP contribution in [0, 0.1) is 0 Å². The van der Waals surface area contributed by atoms with Crippen LogP contribution < -0.4 is 10.6 Å². The van der Waals surface area contributed by atoms with Crippen molar-refractivity contribution in [2.45, 2.75) is 81.6 Å². The summed E-state index contributed by atoms with van der Waals surface area (Å²) in [4.78, 5) is 2.62. The Hall–Kier alpha value is -1.04. The van der Waals surface area contributed by atoms with Gasteiger partial charge in [-0.05, 0) is 50.6 Å². The van der Waals surface area contributed by atoms with Crippen molar-refractivity contribution in [2.75, 3.05) is 13.1 Å². The van der Waals surface area contributed by atoms with Crippen LogP contribution in [0.2, 0.25) is 0 Å². The summed E-state index contributed by atoms with van der Waals surface area (Å²) in [5, 5.41) is 6.50. The number of rotatable bonds is 4. The van der Waals surface area contributed by atoms with Gasteiger partial charge < -0.3 is 10.6 Å². The summed E-state index contributed by atoms with van der Waals surface area (Å²) in [6, 6.07) is 11.3. The molecule has 0 spiro atoms. The Morgan fingerprint density at radius 3 is 2.50 bits per heavy atom. The first kappa shape index (κ1) is 18.3. The Balaban J connectivity index is 1.37. The van der Waals surface area contributed by atoms with Crippen LogP contribution in [0.4, 0.5) is 8.78 Å². The van der Waals surface area contributed by atoms with Gasteiger partial charge in [0.15, 0.2) is 0 Å². The minimum atomic E-state index is -2.60. The molecule has 3 aliphatic rings. The second kappa shape index (κ2) is 7.91. The lowest BCUT2D eigenvalue weighted by atomic mass is 9.92. The molecule has 3 unspecified atom stereocenters. The number of fused-ring (bicyclic) bond motifs is 2. The van der Waals surface area contributed by atoms with E-state index in [-0.39, 0.29) is 12.5 Å². The van der Waals surface area contributed by atoms with Crippen LogP contribution in [-0.2, 0) is 6.54 Å². The van der Waals surface area contributed by atoms with Crippen molar-refractivity contribution < 1.29 is 8.78 Å². The number of nitrogens with one attached hydrogen (secondary N) is 2. The predicted molar refractivity (Wildman–Crippen MR) is 100 cm³/mol. The predicted octanol–water partition coefficient (Wildman–Crippen LogP) is 3.55. The Kier molecular flexibility index (Phi) is 5.58. The summed E-state index contributed by atoms with van der Waals surface area (Å²) in [7, 11) is 0. The summed E-state index contributed by atoms with van der Waals surface area (Å²) in [6.45, 7) is 2.27. The van der Waals surface area contributed by atoms with Gasteiger partial charge in [0.2, 0.25) is 0 Å². The van der Waals surface area contributed by atoms with Crippen LogP contribution >= 0.6 is 0 Å². The van der Waals surface area contributed by atoms with E-state index in [1.54, 1.807) is 0 Å². The first-order chi connectivity index (χ1) is 12.6. The molecular weight excluding hydrogens is 332 g/mol. The third kappa shape index (κ3) is 4.10. The zero-order valence-electron chi connectivity index (χ0n) is 15.5. The zero-order chi connectivity index (χ0) is 18.0. The maximum atomic E-state index is 14.5. The molecule has 3 fully saturated rings.